The van der Waals surface area contributed by atoms with Crippen molar-refractivity contribution < 1.29 is 23.0 Å². The van der Waals surface area contributed by atoms with Gasteiger partial charge in [-0.15, -0.1) is 13.2 Å². The van der Waals surface area contributed by atoms with E-state index in [2.05, 4.69) is 14.8 Å². The van der Waals surface area contributed by atoms with Gasteiger partial charge in [0, 0.05) is 0 Å². The highest BCUT2D eigenvalue weighted by Gasteiger charge is 2.32. The summed E-state index contributed by atoms with van der Waals surface area (Å²) in [5.41, 5.74) is 6.51. The SMILES string of the molecule is Cc1cn(N=Cc2ccc(O)c(OC(F)(F)F)c2)c(N)n1. The number of imidazole rings is 1. The van der Waals surface area contributed by atoms with E-state index >= 15 is 0 Å². The first-order valence-electron chi connectivity index (χ1n) is 5.69. The van der Waals surface area contributed by atoms with E-state index in [9.17, 15) is 18.3 Å². The molecule has 0 saturated carbocycles. The Bertz CT molecular complexity index is 680. The maximum absolute atomic E-state index is 12.2. The molecule has 0 aliphatic heterocycles. The molecule has 2 rings (SSSR count). The standard InChI is InChI=1S/C12H11F3N4O2/c1-7-6-19(11(16)18-7)17-5-8-2-3-9(20)10(4-8)21-12(13,14)15/h2-6,20H,1H3,(H2,16,18). The maximum Gasteiger partial charge on any atom is 0.573 e. The Kier molecular flexibility index (Phi) is 3.74. The van der Waals surface area contributed by atoms with E-state index in [0.29, 0.717) is 5.69 Å². The normalized spacial score (nSPS) is 12.0. The summed E-state index contributed by atoms with van der Waals surface area (Å²) in [6.45, 7) is 1.72. The second kappa shape index (κ2) is 5.35. The van der Waals surface area contributed by atoms with E-state index in [1.807, 2.05) is 0 Å². The number of nitrogens with zero attached hydrogens (tertiary/aromatic N) is 3. The van der Waals surface area contributed by atoms with Crippen molar-refractivity contribution in [1.29, 1.82) is 0 Å². The Labute approximate surface area is 117 Å². The number of phenolic OH excluding ortho intramolecular Hbond substituents is 1. The Morgan fingerprint density at radius 3 is 2.71 bits per heavy atom. The second-order valence-corrected chi connectivity index (χ2v) is 4.10. The van der Waals surface area contributed by atoms with Crippen molar-refractivity contribution in [1.82, 2.24) is 9.66 Å². The van der Waals surface area contributed by atoms with Crippen molar-refractivity contribution in [2.24, 2.45) is 5.10 Å². The number of aromatic hydroxyl groups is 1. The summed E-state index contributed by atoms with van der Waals surface area (Å²) in [6.07, 6.45) is -2.07. The van der Waals surface area contributed by atoms with Crippen LogP contribution in [0.15, 0.2) is 29.5 Å². The molecule has 0 atom stereocenters. The fraction of sp³-hybridized carbons (Fsp3) is 0.167. The highest BCUT2D eigenvalue weighted by molar-refractivity contribution is 5.80. The zero-order chi connectivity index (χ0) is 15.6. The molecule has 0 amide bonds. The first-order chi connectivity index (χ1) is 9.74. The fourth-order valence-electron chi connectivity index (χ4n) is 1.54. The lowest BCUT2D eigenvalue weighted by Crippen LogP contribution is -2.17. The number of hydrogen-bond acceptors (Lipinski definition) is 5. The van der Waals surface area contributed by atoms with E-state index in [1.165, 1.54) is 17.0 Å². The van der Waals surface area contributed by atoms with Crippen molar-refractivity contribution in [3.05, 3.63) is 35.7 Å². The number of anilines is 1. The molecule has 0 radical (unpaired) electrons. The van der Waals surface area contributed by atoms with Gasteiger partial charge < -0.3 is 15.6 Å². The molecule has 0 saturated heterocycles. The maximum atomic E-state index is 12.2. The number of halogens is 3. The Hall–Kier alpha value is -2.71. The summed E-state index contributed by atoms with van der Waals surface area (Å²) in [4.78, 5) is 3.92. The molecule has 1 heterocycles. The second-order valence-electron chi connectivity index (χ2n) is 4.10. The average Bonchev–Trinajstić information content (AvgIpc) is 2.67. The Morgan fingerprint density at radius 2 is 2.14 bits per heavy atom. The van der Waals surface area contributed by atoms with Gasteiger partial charge in [0.1, 0.15) is 0 Å². The van der Waals surface area contributed by atoms with Crippen LogP contribution in [0.1, 0.15) is 11.3 Å². The van der Waals surface area contributed by atoms with Gasteiger partial charge in [0.2, 0.25) is 5.95 Å². The molecular formula is C12H11F3N4O2. The van der Waals surface area contributed by atoms with Crippen molar-refractivity contribution in [2.75, 3.05) is 5.73 Å². The number of rotatable bonds is 3. The number of nitrogen functional groups attached to an aromatic ring is 1. The van der Waals surface area contributed by atoms with Gasteiger partial charge in [-0.2, -0.15) is 5.10 Å². The molecule has 1 aromatic heterocycles. The number of hydrogen-bond donors (Lipinski definition) is 2. The van der Waals surface area contributed by atoms with Gasteiger partial charge in [0.05, 0.1) is 18.1 Å². The first kappa shape index (κ1) is 14.7. The summed E-state index contributed by atoms with van der Waals surface area (Å²) in [6, 6.07) is 3.46. The summed E-state index contributed by atoms with van der Waals surface area (Å²) < 4.78 is 41.5. The number of benzene rings is 1. The molecule has 0 bridgehead atoms. The minimum atomic E-state index is -4.89. The van der Waals surface area contributed by atoms with Gasteiger partial charge in [-0.3, -0.25) is 0 Å². The van der Waals surface area contributed by atoms with Crippen LogP contribution in [0, 0.1) is 6.92 Å². The van der Waals surface area contributed by atoms with Gasteiger partial charge in [0.15, 0.2) is 11.5 Å². The first-order valence-corrected chi connectivity index (χ1v) is 5.69. The zero-order valence-corrected chi connectivity index (χ0v) is 10.8. The van der Waals surface area contributed by atoms with Crippen LogP contribution < -0.4 is 10.5 Å². The number of alkyl halides is 3. The molecular weight excluding hydrogens is 289 g/mol. The third-order valence-electron chi connectivity index (χ3n) is 2.38. The molecule has 112 valence electrons. The van der Waals surface area contributed by atoms with Gasteiger partial charge in [-0.05, 0) is 30.7 Å². The van der Waals surface area contributed by atoms with E-state index in [1.54, 1.807) is 13.1 Å². The predicted octanol–water partition coefficient (Wildman–Crippen LogP) is 2.26. The van der Waals surface area contributed by atoms with E-state index in [0.717, 1.165) is 12.1 Å². The number of aromatic nitrogens is 2. The third-order valence-corrected chi connectivity index (χ3v) is 2.38. The Balaban J connectivity index is 2.25. The number of ether oxygens (including phenoxy) is 1. The van der Waals surface area contributed by atoms with Crippen LogP contribution in [0.4, 0.5) is 19.1 Å². The summed E-state index contributed by atoms with van der Waals surface area (Å²) >= 11 is 0. The lowest BCUT2D eigenvalue weighted by molar-refractivity contribution is -0.275. The quantitative estimate of drug-likeness (QED) is 0.851. The summed E-state index contributed by atoms with van der Waals surface area (Å²) in [5.74, 6) is -1.18. The van der Waals surface area contributed by atoms with E-state index in [4.69, 9.17) is 5.73 Å². The molecule has 3 N–H and O–H groups in total. The number of nitrogens with two attached hydrogens (primary N) is 1. The van der Waals surface area contributed by atoms with Crippen LogP contribution in [0.25, 0.3) is 0 Å². The highest BCUT2D eigenvalue weighted by atomic mass is 19.4. The molecule has 0 unspecified atom stereocenters. The van der Waals surface area contributed by atoms with Crippen molar-refractivity contribution >= 4 is 12.2 Å². The molecule has 1 aromatic carbocycles. The van der Waals surface area contributed by atoms with Gasteiger partial charge >= 0.3 is 6.36 Å². The topological polar surface area (TPSA) is 85.7 Å². The molecule has 0 fully saturated rings. The fourth-order valence-corrected chi connectivity index (χ4v) is 1.54. The molecule has 0 spiro atoms. The smallest absolute Gasteiger partial charge is 0.504 e. The van der Waals surface area contributed by atoms with Crippen LogP contribution in [0.3, 0.4) is 0 Å². The molecule has 2 aromatic rings. The molecule has 9 heteroatoms. The van der Waals surface area contributed by atoms with Gasteiger partial charge in [-0.25, -0.2) is 9.66 Å². The Morgan fingerprint density at radius 1 is 1.43 bits per heavy atom. The summed E-state index contributed by atoms with van der Waals surface area (Å²) in [7, 11) is 0. The van der Waals surface area contributed by atoms with Gasteiger partial charge in [-0.1, -0.05) is 0 Å². The third kappa shape index (κ3) is 3.88. The van der Waals surface area contributed by atoms with Crippen molar-refractivity contribution in [3.8, 4) is 11.5 Å². The highest BCUT2D eigenvalue weighted by Crippen LogP contribution is 2.31. The minimum absolute atomic E-state index is 0.147. The van der Waals surface area contributed by atoms with Crippen LogP contribution in [-0.2, 0) is 0 Å². The van der Waals surface area contributed by atoms with E-state index < -0.39 is 17.9 Å². The molecule has 0 aliphatic carbocycles. The average molecular weight is 300 g/mol. The lowest BCUT2D eigenvalue weighted by Gasteiger charge is -2.10. The monoisotopic (exact) mass is 300 g/mol. The van der Waals surface area contributed by atoms with Crippen molar-refractivity contribution in [3.63, 3.8) is 0 Å². The number of phenols is 1. The van der Waals surface area contributed by atoms with Crippen LogP contribution in [0.5, 0.6) is 11.5 Å². The molecule has 21 heavy (non-hydrogen) atoms. The number of aryl methyl sites for hydroxylation is 1. The lowest BCUT2D eigenvalue weighted by atomic mass is 10.2. The van der Waals surface area contributed by atoms with Crippen LogP contribution in [-0.4, -0.2) is 27.3 Å². The summed E-state index contributed by atoms with van der Waals surface area (Å²) in [5, 5.41) is 13.3. The zero-order valence-electron chi connectivity index (χ0n) is 10.8. The molecule has 0 aliphatic rings. The van der Waals surface area contributed by atoms with Crippen LogP contribution in [0.2, 0.25) is 0 Å². The van der Waals surface area contributed by atoms with Gasteiger partial charge in [0.25, 0.3) is 0 Å². The van der Waals surface area contributed by atoms with Crippen LogP contribution >= 0.6 is 0 Å². The molecule has 6 nitrogen and oxygen atoms in total. The van der Waals surface area contributed by atoms with Crippen molar-refractivity contribution in [2.45, 2.75) is 13.3 Å². The van der Waals surface area contributed by atoms with E-state index in [-0.39, 0.29) is 11.5 Å². The predicted molar refractivity (Wildman–Crippen MR) is 69.2 cm³/mol. The minimum Gasteiger partial charge on any atom is -0.504 e. The largest absolute Gasteiger partial charge is 0.573 e.